The number of rotatable bonds is 6. The Labute approximate surface area is 106 Å². The first kappa shape index (κ1) is 14.5. The van der Waals surface area contributed by atoms with Crippen LogP contribution in [0.1, 0.15) is 26.5 Å². The van der Waals surface area contributed by atoms with Gasteiger partial charge in [0, 0.05) is 23.8 Å². The molecule has 0 aromatic carbocycles. The van der Waals surface area contributed by atoms with Crippen molar-refractivity contribution in [3.63, 3.8) is 0 Å². The molecule has 1 rings (SSSR count). The van der Waals surface area contributed by atoms with Crippen molar-refractivity contribution in [2.45, 2.75) is 38.8 Å². The van der Waals surface area contributed by atoms with Crippen molar-refractivity contribution in [2.75, 3.05) is 6.61 Å². The lowest BCUT2D eigenvalue weighted by Gasteiger charge is -2.09. The van der Waals surface area contributed by atoms with E-state index in [1.54, 1.807) is 4.68 Å². The molecule has 0 saturated heterocycles. The molecule has 0 radical (unpaired) electrons. The Morgan fingerprint density at radius 3 is 2.65 bits per heavy atom. The number of ether oxygens (including phenoxy) is 1. The fourth-order valence-corrected chi connectivity index (χ4v) is 2.41. The fraction of sp³-hybridized carbons (Fsp3) is 0.700. The highest BCUT2D eigenvalue weighted by atomic mass is 35.7. The molecule has 0 aliphatic carbocycles. The van der Waals surface area contributed by atoms with Gasteiger partial charge < -0.3 is 4.74 Å². The largest absolute Gasteiger partial charge is 0.375 e. The lowest BCUT2D eigenvalue weighted by atomic mass is 10.2. The van der Waals surface area contributed by atoms with Crippen molar-refractivity contribution >= 4 is 19.7 Å². The third-order valence-corrected chi connectivity index (χ3v) is 3.53. The second-order valence-corrected chi connectivity index (χ2v) is 6.65. The molecule has 0 unspecified atom stereocenters. The molecule has 0 fully saturated rings. The first-order valence-corrected chi connectivity index (χ1v) is 7.74. The van der Waals surface area contributed by atoms with E-state index in [0.717, 1.165) is 0 Å². The van der Waals surface area contributed by atoms with Crippen LogP contribution in [0.2, 0.25) is 0 Å². The minimum Gasteiger partial charge on any atom is -0.375 e. The molecule has 5 nitrogen and oxygen atoms in total. The molecule has 0 aliphatic heterocycles. The van der Waals surface area contributed by atoms with Gasteiger partial charge in [0.25, 0.3) is 9.05 Å². The molecule has 0 bridgehead atoms. The summed E-state index contributed by atoms with van der Waals surface area (Å²) >= 11 is 0. The molecule has 1 aromatic rings. The van der Waals surface area contributed by atoms with Crippen LogP contribution in [0.15, 0.2) is 11.1 Å². The summed E-state index contributed by atoms with van der Waals surface area (Å²) in [7, 11) is 1.57. The molecule has 1 heterocycles. The van der Waals surface area contributed by atoms with Gasteiger partial charge in [0.15, 0.2) is 0 Å². The third kappa shape index (κ3) is 3.97. The SMILES string of the molecule is CCn1ncc(S(=O)(=O)Cl)c1COCC(C)C. The molecular formula is C10H17ClN2O3S. The van der Waals surface area contributed by atoms with Gasteiger partial charge in [-0.1, -0.05) is 13.8 Å². The Morgan fingerprint density at radius 1 is 1.53 bits per heavy atom. The third-order valence-electron chi connectivity index (χ3n) is 2.16. The molecule has 0 N–H and O–H groups in total. The standard InChI is InChI=1S/C10H17ClN2O3S/c1-4-13-9(7-16-6-8(2)3)10(5-12-13)17(11,14)15/h5,8H,4,6-7H2,1-3H3. The van der Waals surface area contributed by atoms with Crippen molar-refractivity contribution in [2.24, 2.45) is 5.92 Å². The molecule has 0 aliphatic rings. The molecule has 7 heteroatoms. The van der Waals surface area contributed by atoms with Crippen molar-refractivity contribution in [3.05, 3.63) is 11.9 Å². The predicted molar refractivity (Wildman–Crippen MR) is 65.4 cm³/mol. The van der Waals surface area contributed by atoms with Gasteiger partial charge >= 0.3 is 0 Å². The van der Waals surface area contributed by atoms with E-state index < -0.39 is 9.05 Å². The molecule has 0 atom stereocenters. The monoisotopic (exact) mass is 280 g/mol. The van der Waals surface area contributed by atoms with Crippen LogP contribution in [0.5, 0.6) is 0 Å². The highest BCUT2D eigenvalue weighted by molar-refractivity contribution is 8.13. The van der Waals surface area contributed by atoms with E-state index in [1.807, 2.05) is 20.8 Å². The van der Waals surface area contributed by atoms with Gasteiger partial charge in [0.2, 0.25) is 0 Å². The Balaban J connectivity index is 2.91. The predicted octanol–water partition coefficient (Wildman–Crippen LogP) is 2.00. The number of aromatic nitrogens is 2. The fourth-order valence-electron chi connectivity index (χ4n) is 1.41. The molecule has 0 spiro atoms. The quantitative estimate of drug-likeness (QED) is 0.748. The van der Waals surface area contributed by atoms with Crippen LogP contribution in [0.3, 0.4) is 0 Å². The number of hydrogen-bond donors (Lipinski definition) is 0. The van der Waals surface area contributed by atoms with Crippen molar-refractivity contribution in [1.29, 1.82) is 0 Å². The minimum atomic E-state index is -3.76. The average molecular weight is 281 g/mol. The zero-order valence-corrected chi connectivity index (χ0v) is 11.8. The number of aryl methyl sites for hydroxylation is 1. The molecule has 98 valence electrons. The second-order valence-electron chi connectivity index (χ2n) is 4.12. The summed E-state index contributed by atoms with van der Waals surface area (Å²) in [6.45, 7) is 7.27. The maximum absolute atomic E-state index is 11.3. The van der Waals surface area contributed by atoms with Crippen LogP contribution in [0.4, 0.5) is 0 Å². The highest BCUT2D eigenvalue weighted by Crippen LogP contribution is 2.20. The van der Waals surface area contributed by atoms with E-state index in [-0.39, 0.29) is 11.5 Å². The number of halogens is 1. The van der Waals surface area contributed by atoms with Gasteiger partial charge in [-0.15, -0.1) is 0 Å². The summed E-state index contributed by atoms with van der Waals surface area (Å²) in [6.07, 6.45) is 1.26. The highest BCUT2D eigenvalue weighted by Gasteiger charge is 2.20. The molecule has 1 aromatic heterocycles. The van der Waals surface area contributed by atoms with E-state index >= 15 is 0 Å². The molecule has 17 heavy (non-hydrogen) atoms. The van der Waals surface area contributed by atoms with E-state index in [1.165, 1.54) is 6.20 Å². The van der Waals surface area contributed by atoms with Gasteiger partial charge in [-0.3, -0.25) is 4.68 Å². The average Bonchev–Trinajstić information content (AvgIpc) is 2.59. The lowest BCUT2D eigenvalue weighted by molar-refractivity contribution is 0.0905. The van der Waals surface area contributed by atoms with Crippen LogP contribution < -0.4 is 0 Å². The number of nitrogens with zero attached hydrogens (tertiary/aromatic N) is 2. The topological polar surface area (TPSA) is 61.2 Å². The summed E-state index contributed by atoms with van der Waals surface area (Å²) < 4.78 is 29.7. The Hall–Kier alpha value is -0.590. The van der Waals surface area contributed by atoms with Gasteiger partial charge in [-0.25, -0.2) is 8.42 Å². The Bertz CT molecular complexity index is 468. The maximum Gasteiger partial charge on any atom is 0.264 e. The van der Waals surface area contributed by atoms with E-state index in [0.29, 0.717) is 24.8 Å². The van der Waals surface area contributed by atoms with Crippen molar-refractivity contribution in [1.82, 2.24) is 9.78 Å². The molecule has 0 saturated carbocycles. The Morgan fingerprint density at radius 2 is 2.18 bits per heavy atom. The van der Waals surface area contributed by atoms with Crippen LogP contribution in [-0.4, -0.2) is 24.8 Å². The van der Waals surface area contributed by atoms with Crippen LogP contribution in [-0.2, 0) is 26.9 Å². The minimum absolute atomic E-state index is 0.0322. The van der Waals surface area contributed by atoms with Gasteiger partial charge in [0.05, 0.1) is 18.5 Å². The summed E-state index contributed by atoms with van der Waals surface area (Å²) in [5, 5.41) is 3.97. The van der Waals surface area contributed by atoms with Gasteiger partial charge in [0.1, 0.15) is 4.90 Å². The molecule has 0 amide bonds. The van der Waals surface area contributed by atoms with E-state index in [2.05, 4.69) is 5.10 Å². The van der Waals surface area contributed by atoms with Crippen LogP contribution in [0.25, 0.3) is 0 Å². The van der Waals surface area contributed by atoms with E-state index in [9.17, 15) is 8.42 Å². The first-order chi connectivity index (χ1) is 7.86. The maximum atomic E-state index is 11.3. The van der Waals surface area contributed by atoms with Gasteiger partial charge in [-0.05, 0) is 12.8 Å². The smallest absolute Gasteiger partial charge is 0.264 e. The van der Waals surface area contributed by atoms with E-state index in [4.69, 9.17) is 15.4 Å². The summed E-state index contributed by atoms with van der Waals surface area (Å²) in [6, 6.07) is 0. The second kappa shape index (κ2) is 5.84. The van der Waals surface area contributed by atoms with Crippen molar-refractivity contribution in [3.8, 4) is 0 Å². The molecular weight excluding hydrogens is 264 g/mol. The summed E-state index contributed by atoms with van der Waals surface area (Å²) in [4.78, 5) is 0.0322. The summed E-state index contributed by atoms with van der Waals surface area (Å²) in [5.41, 5.74) is 0.503. The van der Waals surface area contributed by atoms with Crippen LogP contribution >= 0.6 is 10.7 Å². The zero-order chi connectivity index (χ0) is 13.1. The zero-order valence-electron chi connectivity index (χ0n) is 10.2. The van der Waals surface area contributed by atoms with Gasteiger partial charge in [-0.2, -0.15) is 5.10 Å². The Kier molecular flexibility index (Phi) is 4.97. The number of hydrogen-bond acceptors (Lipinski definition) is 4. The van der Waals surface area contributed by atoms with Crippen molar-refractivity contribution < 1.29 is 13.2 Å². The first-order valence-electron chi connectivity index (χ1n) is 5.43. The normalized spacial score (nSPS) is 12.3. The van der Waals surface area contributed by atoms with Crippen LogP contribution in [0, 0.1) is 5.92 Å². The summed E-state index contributed by atoms with van der Waals surface area (Å²) in [5.74, 6) is 0.393. The lowest BCUT2D eigenvalue weighted by Crippen LogP contribution is -2.09.